The Morgan fingerprint density at radius 3 is 2.66 bits per heavy atom. The summed E-state index contributed by atoms with van der Waals surface area (Å²) in [5, 5.41) is 22.4. The zero-order chi connectivity index (χ0) is 22.2. The number of aryl methyl sites for hydroxylation is 1. The van der Waals surface area contributed by atoms with Crippen LogP contribution in [0.15, 0.2) is 54.9 Å². The first-order chi connectivity index (χ1) is 15.6. The van der Waals surface area contributed by atoms with Crippen molar-refractivity contribution >= 4 is 17.1 Å². The lowest BCUT2D eigenvalue weighted by molar-refractivity contribution is 0.269. The minimum Gasteiger partial charge on any atom is -0.394 e. The standard InChI is InChI=1S/C24H23N7O/c1-16-14-30(21-7-5-20(25-3)6-8-21)23-12-18(19-13-26-29(15-19)10-11-32)4-9-22(23)31-17(2)27-28-24(16)31/h4-9,12-13,15-16,32H,10-11,14H2,1-2H3/t16-/m1/s1. The second-order valence-corrected chi connectivity index (χ2v) is 8.00. The molecule has 5 rings (SSSR count). The first-order valence-corrected chi connectivity index (χ1v) is 10.5. The third kappa shape index (κ3) is 3.33. The van der Waals surface area contributed by atoms with Crippen LogP contribution in [0.2, 0.25) is 0 Å². The Morgan fingerprint density at radius 1 is 1.09 bits per heavy atom. The van der Waals surface area contributed by atoms with Crippen molar-refractivity contribution in [3.63, 3.8) is 0 Å². The molecule has 2 aromatic carbocycles. The van der Waals surface area contributed by atoms with Crippen molar-refractivity contribution in [2.75, 3.05) is 18.1 Å². The number of nitrogens with zero attached hydrogens (tertiary/aromatic N) is 7. The molecule has 1 atom stereocenters. The van der Waals surface area contributed by atoms with Gasteiger partial charge in [-0.25, -0.2) is 4.85 Å². The number of benzene rings is 2. The predicted octanol–water partition coefficient (Wildman–Crippen LogP) is 4.24. The maximum atomic E-state index is 9.21. The topological polar surface area (TPSA) is 76.4 Å². The normalized spacial score (nSPS) is 15.1. The van der Waals surface area contributed by atoms with Gasteiger partial charge < -0.3 is 10.0 Å². The van der Waals surface area contributed by atoms with Gasteiger partial charge in [-0.2, -0.15) is 5.10 Å². The highest BCUT2D eigenvalue weighted by atomic mass is 16.3. The van der Waals surface area contributed by atoms with E-state index in [9.17, 15) is 5.11 Å². The molecule has 1 aliphatic rings. The summed E-state index contributed by atoms with van der Waals surface area (Å²) < 4.78 is 3.87. The average Bonchev–Trinajstić information content (AvgIpc) is 3.41. The van der Waals surface area contributed by atoms with Crippen molar-refractivity contribution in [2.45, 2.75) is 26.3 Å². The summed E-state index contributed by atoms with van der Waals surface area (Å²) >= 11 is 0. The van der Waals surface area contributed by atoms with Gasteiger partial charge in [0.25, 0.3) is 0 Å². The Kier molecular flexibility index (Phi) is 4.96. The molecule has 1 aliphatic heterocycles. The molecular weight excluding hydrogens is 402 g/mol. The highest BCUT2D eigenvalue weighted by molar-refractivity contribution is 5.79. The highest BCUT2D eigenvalue weighted by Crippen LogP contribution is 2.40. The van der Waals surface area contributed by atoms with Gasteiger partial charge in [0.2, 0.25) is 0 Å². The second kappa shape index (κ2) is 7.94. The van der Waals surface area contributed by atoms with E-state index in [-0.39, 0.29) is 12.5 Å². The van der Waals surface area contributed by atoms with Crippen molar-refractivity contribution in [3.05, 3.63) is 77.9 Å². The van der Waals surface area contributed by atoms with Gasteiger partial charge in [-0.3, -0.25) is 9.25 Å². The first kappa shape index (κ1) is 20.0. The van der Waals surface area contributed by atoms with Crippen LogP contribution in [0.4, 0.5) is 17.1 Å². The van der Waals surface area contributed by atoms with Crippen molar-refractivity contribution in [3.8, 4) is 16.8 Å². The van der Waals surface area contributed by atoms with Gasteiger partial charge in [0.05, 0.1) is 37.3 Å². The number of aliphatic hydroxyl groups is 1. The molecule has 3 heterocycles. The third-order valence-corrected chi connectivity index (χ3v) is 5.84. The van der Waals surface area contributed by atoms with Crippen molar-refractivity contribution in [1.82, 2.24) is 24.5 Å². The van der Waals surface area contributed by atoms with E-state index in [1.165, 1.54) is 0 Å². The summed E-state index contributed by atoms with van der Waals surface area (Å²) in [6.07, 6.45) is 3.77. The van der Waals surface area contributed by atoms with Crippen LogP contribution < -0.4 is 4.90 Å². The number of aromatic nitrogens is 5. The van der Waals surface area contributed by atoms with E-state index in [4.69, 9.17) is 6.57 Å². The number of hydrogen-bond acceptors (Lipinski definition) is 5. The summed E-state index contributed by atoms with van der Waals surface area (Å²) in [6, 6.07) is 14.0. The fraction of sp³-hybridized carbons (Fsp3) is 0.250. The van der Waals surface area contributed by atoms with Gasteiger partial charge in [0.1, 0.15) is 11.6 Å². The summed E-state index contributed by atoms with van der Waals surface area (Å²) in [5.41, 5.74) is 5.74. The van der Waals surface area contributed by atoms with Gasteiger partial charge in [-0.15, -0.1) is 10.2 Å². The molecule has 0 radical (unpaired) electrons. The van der Waals surface area contributed by atoms with Crippen molar-refractivity contribution in [1.29, 1.82) is 0 Å². The molecule has 1 N–H and O–H groups in total. The van der Waals surface area contributed by atoms with E-state index in [2.05, 4.69) is 54.7 Å². The van der Waals surface area contributed by atoms with E-state index in [0.717, 1.165) is 46.4 Å². The minimum atomic E-state index is 0.0489. The summed E-state index contributed by atoms with van der Waals surface area (Å²) in [5.74, 6) is 1.94. The van der Waals surface area contributed by atoms with Gasteiger partial charge >= 0.3 is 0 Å². The molecule has 32 heavy (non-hydrogen) atoms. The maximum absolute atomic E-state index is 9.21. The van der Waals surface area contributed by atoms with Crippen LogP contribution in [0, 0.1) is 13.5 Å². The second-order valence-electron chi connectivity index (χ2n) is 8.00. The molecule has 4 aromatic rings. The predicted molar refractivity (Wildman–Crippen MR) is 123 cm³/mol. The van der Waals surface area contributed by atoms with E-state index in [1.807, 2.05) is 43.6 Å². The Labute approximate surface area is 186 Å². The van der Waals surface area contributed by atoms with E-state index in [1.54, 1.807) is 4.68 Å². The Bertz CT molecular complexity index is 1310. The average molecular weight is 425 g/mol. The number of rotatable bonds is 4. The largest absolute Gasteiger partial charge is 0.394 e. The van der Waals surface area contributed by atoms with E-state index in [0.29, 0.717) is 12.2 Å². The smallest absolute Gasteiger partial charge is 0.187 e. The Morgan fingerprint density at radius 2 is 1.91 bits per heavy atom. The molecule has 0 fully saturated rings. The van der Waals surface area contributed by atoms with E-state index >= 15 is 0 Å². The third-order valence-electron chi connectivity index (χ3n) is 5.84. The van der Waals surface area contributed by atoms with Crippen LogP contribution in [-0.4, -0.2) is 42.8 Å². The number of hydrogen-bond donors (Lipinski definition) is 1. The monoisotopic (exact) mass is 425 g/mol. The Balaban J connectivity index is 1.68. The van der Waals surface area contributed by atoms with Crippen LogP contribution in [-0.2, 0) is 6.54 Å². The first-order valence-electron chi connectivity index (χ1n) is 10.5. The molecule has 0 bridgehead atoms. The van der Waals surface area contributed by atoms with Gasteiger partial charge in [-0.1, -0.05) is 25.1 Å². The molecular formula is C24H23N7O. The quantitative estimate of drug-likeness (QED) is 0.495. The SMILES string of the molecule is [C-]#[N+]c1ccc(N2C[C@@H](C)c3nnc(C)n3-c3ccc(-c4cnn(CCO)c4)cc32)cc1. The number of aliphatic hydroxyl groups excluding tert-OH is 1. The lowest BCUT2D eigenvalue weighted by atomic mass is 10.1. The zero-order valence-corrected chi connectivity index (χ0v) is 18.0. The van der Waals surface area contributed by atoms with Gasteiger partial charge in [0.15, 0.2) is 5.69 Å². The minimum absolute atomic E-state index is 0.0489. The summed E-state index contributed by atoms with van der Waals surface area (Å²) in [6.45, 7) is 12.6. The molecule has 0 amide bonds. The van der Waals surface area contributed by atoms with Crippen LogP contribution in [0.5, 0.6) is 0 Å². The zero-order valence-electron chi connectivity index (χ0n) is 18.0. The number of anilines is 2. The highest BCUT2D eigenvalue weighted by Gasteiger charge is 2.28. The molecule has 0 spiro atoms. The molecule has 2 aromatic heterocycles. The van der Waals surface area contributed by atoms with Crippen LogP contribution >= 0.6 is 0 Å². The van der Waals surface area contributed by atoms with E-state index < -0.39 is 0 Å². The van der Waals surface area contributed by atoms with Gasteiger partial charge in [-0.05, 0) is 36.8 Å². The molecule has 0 saturated heterocycles. The summed E-state index contributed by atoms with van der Waals surface area (Å²) in [7, 11) is 0. The van der Waals surface area contributed by atoms with Crippen LogP contribution in [0.3, 0.4) is 0 Å². The molecule has 160 valence electrons. The summed E-state index contributed by atoms with van der Waals surface area (Å²) in [4.78, 5) is 5.80. The van der Waals surface area contributed by atoms with Crippen LogP contribution in [0.1, 0.15) is 24.5 Å². The molecule has 0 saturated carbocycles. The van der Waals surface area contributed by atoms with Crippen molar-refractivity contribution < 1.29 is 5.11 Å². The lowest BCUT2D eigenvalue weighted by Crippen LogP contribution is -2.21. The lowest BCUT2D eigenvalue weighted by Gasteiger charge is -2.27. The molecule has 8 nitrogen and oxygen atoms in total. The molecule has 8 heteroatoms. The molecule has 0 aliphatic carbocycles. The van der Waals surface area contributed by atoms with Gasteiger partial charge in [0, 0.05) is 29.9 Å². The van der Waals surface area contributed by atoms with Crippen LogP contribution in [0.25, 0.3) is 21.7 Å². The fourth-order valence-electron chi connectivity index (χ4n) is 4.25. The molecule has 0 unspecified atom stereocenters. The Hall–Kier alpha value is -3.96. The fourth-order valence-corrected chi connectivity index (χ4v) is 4.25. The number of fused-ring (bicyclic) bond motifs is 3. The van der Waals surface area contributed by atoms with Crippen molar-refractivity contribution in [2.24, 2.45) is 0 Å². The maximum Gasteiger partial charge on any atom is 0.187 e.